The van der Waals surface area contributed by atoms with Gasteiger partial charge in [0, 0.05) is 23.8 Å². The SMILES string of the molecule is CC(=O)SCC(O)C(O)c1cc(C=O)cc(C=O)c1. The van der Waals surface area contributed by atoms with Gasteiger partial charge in [0.25, 0.3) is 0 Å². The van der Waals surface area contributed by atoms with Crippen LogP contribution >= 0.6 is 11.8 Å². The normalized spacial score (nSPS) is 13.6. The summed E-state index contributed by atoms with van der Waals surface area (Å²) < 4.78 is 0. The predicted octanol–water partition coefficient (Wildman–Crippen LogP) is 0.986. The molecule has 0 amide bonds. The molecule has 0 aliphatic carbocycles. The number of aliphatic hydroxyl groups is 2. The van der Waals surface area contributed by atoms with Crippen molar-refractivity contribution in [3.8, 4) is 0 Å². The lowest BCUT2D eigenvalue weighted by atomic mass is 10.00. The maximum Gasteiger partial charge on any atom is 0.185 e. The molecule has 0 bridgehead atoms. The smallest absolute Gasteiger partial charge is 0.185 e. The molecule has 5 nitrogen and oxygen atoms in total. The highest BCUT2D eigenvalue weighted by Gasteiger charge is 2.20. The second kappa shape index (κ2) is 7.18. The van der Waals surface area contributed by atoms with Gasteiger partial charge >= 0.3 is 0 Å². The van der Waals surface area contributed by atoms with Gasteiger partial charge in [-0.2, -0.15) is 0 Å². The first-order valence-corrected chi connectivity index (χ1v) is 6.51. The molecule has 0 spiro atoms. The van der Waals surface area contributed by atoms with E-state index in [9.17, 15) is 24.6 Å². The van der Waals surface area contributed by atoms with E-state index in [1.54, 1.807) is 0 Å². The van der Waals surface area contributed by atoms with Crippen molar-refractivity contribution >= 4 is 29.4 Å². The molecule has 1 aromatic carbocycles. The van der Waals surface area contributed by atoms with Gasteiger partial charge in [-0.25, -0.2) is 0 Å². The van der Waals surface area contributed by atoms with E-state index in [0.29, 0.717) is 12.6 Å². The number of aliphatic hydroxyl groups excluding tert-OH is 2. The summed E-state index contributed by atoms with van der Waals surface area (Å²) in [5.74, 6) is 0.0399. The summed E-state index contributed by atoms with van der Waals surface area (Å²) in [6.07, 6.45) is -1.31. The van der Waals surface area contributed by atoms with Crippen molar-refractivity contribution in [2.45, 2.75) is 19.1 Å². The summed E-state index contributed by atoms with van der Waals surface area (Å²) in [5.41, 5.74) is 0.749. The Kier molecular flexibility index (Phi) is 5.88. The number of carbonyl (C=O) groups is 3. The Morgan fingerprint density at radius 3 is 2.16 bits per heavy atom. The summed E-state index contributed by atoms with van der Waals surface area (Å²) in [7, 11) is 0. The Labute approximate surface area is 114 Å². The number of rotatable bonds is 6. The molecular formula is C13H14O5S. The molecule has 102 valence electrons. The molecular weight excluding hydrogens is 268 g/mol. The minimum absolute atomic E-state index is 0.0399. The zero-order chi connectivity index (χ0) is 14.4. The van der Waals surface area contributed by atoms with Crippen LogP contribution in [0.1, 0.15) is 39.3 Å². The van der Waals surface area contributed by atoms with E-state index in [1.807, 2.05) is 0 Å². The van der Waals surface area contributed by atoms with Gasteiger partial charge in [-0.05, 0) is 23.8 Å². The van der Waals surface area contributed by atoms with Gasteiger partial charge in [-0.15, -0.1) is 0 Å². The lowest BCUT2D eigenvalue weighted by molar-refractivity contribution is -0.109. The molecule has 1 rings (SSSR count). The number of aldehydes is 2. The Balaban J connectivity index is 2.91. The zero-order valence-electron chi connectivity index (χ0n) is 10.3. The Hall–Kier alpha value is -1.50. The van der Waals surface area contributed by atoms with Crippen molar-refractivity contribution in [1.82, 2.24) is 0 Å². The van der Waals surface area contributed by atoms with Crippen LogP contribution in [0.15, 0.2) is 18.2 Å². The fourth-order valence-corrected chi connectivity index (χ4v) is 2.11. The maximum atomic E-state index is 10.8. The highest BCUT2D eigenvalue weighted by atomic mass is 32.2. The minimum Gasteiger partial charge on any atom is -0.389 e. The highest BCUT2D eigenvalue weighted by molar-refractivity contribution is 8.13. The quantitative estimate of drug-likeness (QED) is 0.756. The van der Waals surface area contributed by atoms with Crippen molar-refractivity contribution in [3.63, 3.8) is 0 Å². The van der Waals surface area contributed by atoms with E-state index in [-0.39, 0.29) is 27.6 Å². The first-order valence-electron chi connectivity index (χ1n) is 5.52. The van der Waals surface area contributed by atoms with E-state index in [0.717, 1.165) is 11.8 Å². The highest BCUT2D eigenvalue weighted by Crippen LogP contribution is 2.22. The second-order valence-electron chi connectivity index (χ2n) is 3.98. The van der Waals surface area contributed by atoms with Crippen LogP contribution in [-0.2, 0) is 4.79 Å². The van der Waals surface area contributed by atoms with Crippen molar-refractivity contribution < 1.29 is 24.6 Å². The molecule has 6 heteroatoms. The Bertz CT molecular complexity index is 460. The van der Waals surface area contributed by atoms with Crippen LogP contribution < -0.4 is 0 Å². The summed E-state index contributed by atoms with van der Waals surface area (Å²) in [5, 5.41) is 19.5. The average Bonchev–Trinajstić information content (AvgIpc) is 2.42. The summed E-state index contributed by atoms with van der Waals surface area (Å²) in [6.45, 7) is 1.36. The molecule has 2 N–H and O–H groups in total. The van der Waals surface area contributed by atoms with Crippen molar-refractivity contribution in [3.05, 3.63) is 34.9 Å². The largest absolute Gasteiger partial charge is 0.389 e. The number of hydrogen-bond donors (Lipinski definition) is 2. The number of thioether (sulfide) groups is 1. The van der Waals surface area contributed by atoms with Crippen LogP contribution in [0.25, 0.3) is 0 Å². The summed E-state index contributed by atoms with van der Waals surface area (Å²) in [4.78, 5) is 32.2. The fraction of sp³-hybridized carbons (Fsp3) is 0.308. The second-order valence-corrected chi connectivity index (χ2v) is 5.18. The van der Waals surface area contributed by atoms with Gasteiger partial charge in [-0.3, -0.25) is 14.4 Å². The minimum atomic E-state index is -1.26. The molecule has 1 aromatic rings. The molecule has 0 aliphatic rings. The van der Waals surface area contributed by atoms with Crippen LogP contribution in [-0.4, -0.2) is 39.8 Å². The van der Waals surface area contributed by atoms with E-state index in [4.69, 9.17) is 0 Å². The third-order valence-electron chi connectivity index (χ3n) is 2.44. The average molecular weight is 282 g/mol. The third-order valence-corrected chi connectivity index (χ3v) is 3.35. The van der Waals surface area contributed by atoms with Gasteiger partial charge in [-0.1, -0.05) is 11.8 Å². The van der Waals surface area contributed by atoms with E-state index in [1.165, 1.54) is 25.1 Å². The standard InChI is InChI=1S/C13H14O5S/c1-8(16)19-7-12(17)13(18)11-3-9(5-14)2-10(4-11)6-15/h2-6,12-13,17-18H,7H2,1H3. The molecule has 0 saturated heterocycles. The zero-order valence-corrected chi connectivity index (χ0v) is 11.1. The maximum absolute atomic E-state index is 10.8. The summed E-state index contributed by atoms with van der Waals surface area (Å²) in [6, 6.07) is 4.17. The molecule has 2 atom stereocenters. The summed E-state index contributed by atoms with van der Waals surface area (Å²) >= 11 is 0.894. The first-order chi connectivity index (χ1) is 8.97. The Morgan fingerprint density at radius 2 is 1.74 bits per heavy atom. The topological polar surface area (TPSA) is 91.7 Å². The van der Waals surface area contributed by atoms with Crippen LogP contribution in [0.5, 0.6) is 0 Å². The van der Waals surface area contributed by atoms with Crippen LogP contribution in [0.2, 0.25) is 0 Å². The van der Waals surface area contributed by atoms with Crippen LogP contribution in [0.4, 0.5) is 0 Å². The molecule has 2 unspecified atom stereocenters. The van der Waals surface area contributed by atoms with E-state index < -0.39 is 12.2 Å². The van der Waals surface area contributed by atoms with Crippen molar-refractivity contribution in [2.75, 3.05) is 5.75 Å². The molecule has 0 aliphatic heterocycles. The molecule has 19 heavy (non-hydrogen) atoms. The van der Waals surface area contributed by atoms with Crippen molar-refractivity contribution in [1.29, 1.82) is 0 Å². The van der Waals surface area contributed by atoms with E-state index >= 15 is 0 Å². The third kappa shape index (κ3) is 4.59. The lowest BCUT2D eigenvalue weighted by Gasteiger charge is -2.18. The van der Waals surface area contributed by atoms with Gasteiger partial charge < -0.3 is 10.2 Å². The number of carbonyl (C=O) groups excluding carboxylic acids is 3. The van der Waals surface area contributed by atoms with Gasteiger partial charge in [0.15, 0.2) is 5.12 Å². The molecule has 0 radical (unpaired) electrons. The van der Waals surface area contributed by atoms with Crippen LogP contribution in [0, 0.1) is 0 Å². The van der Waals surface area contributed by atoms with Gasteiger partial charge in [0.2, 0.25) is 0 Å². The van der Waals surface area contributed by atoms with Crippen molar-refractivity contribution in [2.24, 2.45) is 0 Å². The lowest BCUT2D eigenvalue weighted by Crippen LogP contribution is -2.21. The van der Waals surface area contributed by atoms with Gasteiger partial charge in [0.05, 0.1) is 6.10 Å². The predicted molar refractivity (Wildman–Crippen MR) is 71.3 cm³/mol. The van der Waals surface area contributed by atoms with Crippen LogP contribution in [0.3, 0.4) is 0 Å². The number of hydrogen-bond acceptors (Lipinski definition) is 6. The first kappa shape index (κ1) is 15.6. The number of benzene rings is 1. The fourth-order valence-electron chi connectivity index (χ4n) is 1.53. The molecule has 0 saturated carbocycles. The monoisotopic (exact) mass is 282 g/mol. The molecule has 0 heterocycles. The van der Waals surface area contributed by atoms with E-state index in [2.05, 4.69) is 0 Å². The molecule has 0 aromatic heterocycles. The molecule has 0 fully saturated rings. The Morgan fingerprint density at radius 1 is 1.21 bits per heavy atom. The van der Waals surface area contributed by atoms with Gasteiger partial charge in [0.1, 0.15) is 18.7 Å².